The average molecular weight is 423 g/mol. The zero-order valence-corrected chi connectivity index (χ0v) is 16.0. The molecule has 0 spiro atoms. The van der Waals surface area contributed by atoms with Gasteiger partial charge in [-0.2, -0.15) is 22.3 Å². The van der Waals surface area contributed by atoms with Crippen LogP contribution in [0.1, 0.15) is 16.7 Å². The highest BCUT2D eigenvalue weighted by molar-refractivity contribution is 7.89. The summed E-state index contributed by atoms with van der Waals surface area (Å²) < 4.78 is 98.2. The Morgan fingerprint density at radius 2 is 1.64 bits per heavy atom. The van der Waals surface area contributed by atoms with Crippen molar-refractivity contribution in [2.24, 2.45) is 0 Å². The second-order valence-electron chi connectivity index (χ2n) is 6.31. The van der Waals surface area contributed by atoms with E-state index < -0.39 is 46.2 Å². The van der Waals surface area contributed by atoms with E-state index in [0.717, 1.165) is 23.8 Å². The maximum atomic E-state index is 13.6. The Morgan fingerprint density at radius 3 is 2.18 bits per heavy atom. The number of ether oxygens (including phenoxy) is 1. The van der Waals surface area contributed by atoms with Gasteiger partial charge in [-0.05, 0) is 44.0 Å². The smallest absolute Gasteiger partial charge is 0.408 e. The lowest BCUT2D eigenvalue weighted by Crippen LogP contribution is -2.49. The fourth-order valence-corrected chi connectivity index (χ4v) is 4.46. The molecule has 0 bridgehead atoms. The Labute approximate surface area is 159 Å². The van der Waals surface area contributed by atoms with Crippen LogP contribution in [0.25, 0.3) is 0 Å². The molecular weight excluding hydrogens is 405 g/mol. The van der Waals surface area contributed by atoms with E-state index in [2.05, 4.69) is 0 Å². The second-order valence-corrected chi connectivity index (χ2v) is 7.96. The summed E-state index contributed by atoms with van der Waals surface area (Å²) in [6.07, 6.45) is -5.02. The van der Waals surface area contributed by atoms with Gasteiger partial charge in [0.2, 0.25) is 15.8 Å². The molecule has 28 heavy (non-hydrogen) atoms. The van der Waals surface area contributed by atoms with Gasteiger partial charge >= 0.3 is 6.18 Å². The van der Waals surface area contributed by atoms with E-state index in [-0.39, 0.29) is 16.0 Å². The normalized spacial score (nSPS) is 13.4. The molecule has 0 aliphatic heterocycles. The summed E-state index contributed by atoms with van der Waals surface area (Å²) in [6, 6.07) is 3.16. The first kappa shape index (κ1) is 22.1. The summed E-state index contributed by atoms with van der Waals surface area (Å²) in [6.45, 7) is 3.39. The minimum atomic E-state index is -5.02. The summed E-state index contributed by atoms with van der Waals surface area (Å²) >= 11 is 0. The number of nitrogens with one attached hydrogen (secondary N) is 1. The van der Waals surface area contributed by atoms with Crippen LogP contribution in [0, 0.1) is 32.4 Å². The number of hydrogen-bond donors (Lipinski definition) is 1. The Balaban J connectivity index is 2.31. The quantitative estimate of drug-likeness (QED) is 0.710. The summed E-state index contributed by atoms with van der Waals surface area (Å²) in [5.74, 6) is -3.51. The molecule has 4 nitrogen and oxygen atoms in total. The number of aryl methyl sites for hydroxylation is 3. The van der Waals surface area contributed by atoms with E-state index in [1.807, 2.05) is 0 Å². The van der Waals surface area contributed by atoms with Crippen molar-refractivity contribution in [3.63, 3.8) is 0 Å². The fourth-order valence-electron chi connectivity index (χ4n) is 2.80. The third-order valence-electron chi connectivity index (χ3n) is 3.89. The standard InChI is InChI=1S/C18H18F5NO3S/c1-10-7-11(2)17(12(3)8-10)28(25,26)24-15(18(21,22)23)9-27-14-6-4-5-13(19)16(14)20/h4-8,15,24H,9H2,1-3H3. The molecule has 0 aliphatic rings. The molecule has 0 saturated carbocycles. The summed E-state index contributed by atoms with van der Waals surface area (Å²) in [5.41, 5.74) is 1.32. The lowest BCUT2D eigenvalue weighted by Gasteiger charge is -2.23. The van der Waals surface area contributed by atoms with Crippen molar-refractivity contribution in [2.75, 3.05) is 6.61 Å². The molecule has 2 aromatic rings. The third-order valence-corrected chi connectivity index (χ3v) is 5.66. The highest BCUT2D eigenvalue weighted by atomic mass is 32.2. The highest BCUT2D eigenvalue weighted by Gasteiger charge is 2.43. The Morgan fingerprint density at radius 1 is 1.07 bits per heavy atom. The number of benzene rings is 2. The molecule has 2 rings (SSSR count). The van der Waals surface area contributed by atoms with E-state index in [9.17, 15) is 30.4 Å². The maximum absolute atomic E-state index is 13.6. The van der Waals surface area contributed by atoms with Crippen LogP contribution in [0.3, 0.4) is 0 Å². The van der Waals surface area contributed by atoms with Crippen LogP contribution in [0.4, 0.5) is 22.0 Å². The van der Waals surface area contributed by atoms with Crippen molar-refractivity contribution in [2.45, 2.75) is 37.9 Å². The first-order valence-corrected chi connectivity index (χ1v) is 9.55. The third kappa shape index (κ3) is 4.99. The van der Waals surface area contributed by atoms with Crippen molar-refractivity contribution in [1.29, 1.82) is 0 Å². The molecule has 10 heteroatoms. The van der Waals surface area contributed by atoms with Gasteiger partial charge in [-0.15, -0.1) is 0 Å². The Hall–Kier alpha value is -2.20. The predicted molar refractivity (Wildman–Crippen MR) is 92.7 cm³/mol. The largest absolute Gasteiger partial charge is 0.488 e. The highest BCUT2D eigenvalue weighted by Crippen LogP contribution is 2.27. The molecule has 0 aromatic heterocycles. The van der Waals surface area contributed by atoms with Crippen LogP contribution >= 0.6 is 0 Å². The van der Waals surface area contributed by atoms with Gasteiger partial charge < -0.3 is 4.74 Å². The molecule has 0 saturated heterocycles. The lowest BCUT2D eigenvalue weighted by atomic mass is 10.1. The Bertz CT molecular complexity index is 951. The van der Waals surface area contributed by atoms with E-state index >= 15 is 0 Å². The van der Waals surface area contributed by atoms with Crippen molar-refractivity contribution in [3.05, 3.63) is 58.7 Å². The van der Waals surface area contributed by atoms with Crippen LogP contribution in [0.5, 0.6) is 5.75 Å². The minimum Gasteiger partial charge on any atom is -0.488 e. The van der Waals surface area contributed by atoms with Gasteiger partial charge in [0.05, 0.1) is 4.90 Å². The molecule has 0 amide bonds. The first-order chi connectivity index (χ1) is 12.8. The predicted octanol–water partition coefficient (Wildman–Crippen LogP) is 4.18. The van der Waals surface area contributed by atoms with Crippen LogP contribution in [-0.2, 0) is 10.0 Å². The van der Waals surface area contributed by atoms with Crippen molar-refractivity contribution < 1.29 is 35.1 Å². The van der Waals surface area contributed by atoms with E-state index in [1.165, 1.54) is 26.0 Å². The maximum Gasteiger partial charge on any atom is 0.408 e. The van der Waals surface area contributed by atoms with Crippen LogP contribution in [-0.4, -0.2) is 27.2 Å². The second kappa shape index (κ2) is 8.04. The van der Waals surface area contributed by atoms with Gasteiger partial charge in [0.1, 0.15) is 6.61 Å². The van der Waals surface area contributed by atoms with Gasteiger partial charge in [-0.3, -0.25) is 0 Å². The molecular formula is C18H18F5NO3S. The zero-order valence-electron chi connectivity index (χ0n) is 15.2. The number of hydrogen-bond acceptors (Lipinski definition) is 3. The van der Waals surface area contributed by atoms with E-state index in [4.69, 9.17) is 4.74 Å². The summed E-state index contributed by atoms with van der Waals surface area (Å²) in [4.78, 5) is -0.274. The molecule has 1 unspecified atom stereocenters. The Kier molecular flexibility index (Phi) is 6.34. The number of rotatable bonds is 6. The molecule has 0 heterocycles. The van der Waals surface area contributed by atoms with Crippen LogP contribution < -0.4 is 9.46 Å². The minimum absolute atomic E-state index is 0.274. The van der Waals surface area contributed by atoms with Gasteiger partial charge in [0, 0.05) is 0 Å². The molecule has 1 atom stereocenters. The van der Waals surface area contributed by atoms with Gasteiger partial charge in [-0.1, -0.05) is 23.8 Å². The molecule has 0 fully saturated rings. The lowest BCUT2D eigenvalue weighted by molar-refractivity contribution is -0.157. The van der Waals surface area contributed by atoms with Crippen LogP contribution in [0.2, 0.25) is 0 Å². The average Bonchev–Trinajstić information content (AvgIpc) is 2.52. The van der Waals surface area contributed by atoms with E-state index in [0.29, 0.717) is 0 Å². The number of alkyl halides is 3. The molecule has 1 N–H and O–H groups in total. The molecule has 2 aromatic carbocycles. The zero-order chi connectivity index (χ0) is 21.3. The van der Waals surface area contributed by atoms with Crippen molar-refractivity contribution in [1.82, 2.24) is 4.72 Å². The summed E-state index contributed by atoms with van der Waals surface area (Å²) in [5, 5.41) is 0. The molecule has 0 radical (unpaired) electrons. The van der Waals surface area contributed by atoms with Crippen LogP contribution in [0.15, 0.2) is 35.2 Å². The van der Waals surface area contributed by atoms with Gasteiger partial charge in [0.15, 0.2) is 17.6 Å². The molecule has 0 aliphatic carbocycles. The fraction of sp³-hybridized carbons (Fsp3) is 0.333. The van der Waals surface area contributed by atoms with Crippen molar-refractivity contribution in [3.8, 4) is 5.75 Å². The number of sulfonamides is 1. The van der Waals surface area contributed by atoms with Gasteiger partial charge in [0.25, 0.3) is 0 Å². The monoisotopic (exact) mass is 423 g/mol. The SMILES string of the molecule is Cc1cc(C)c(S(=O)(=O)NC(COc2cccc(F)c2F)C(F)(F)F)c(C)c1. The molecule has 154 valence electrons. The summed E-state index contributed by atoms with van der Waals surface area (Å²) in [7, 11) is -4.56. The van der Waals surface area contributed by atoms with Gasteiger partial charge in [-0.25, -0.2) is 12.8 Å². The van der Waals surface area contributed by atoms with E-state index in [1.54, 1.807) is 11.6 Å². The van der Waals surface area contributed by atoms with Crippen molar-refractivity contribution >= 4 is 10.0 Å². The number of halogens is 5. The first-order valence-electron chi connectivity index (χ1n) is 8.06. The topological polar surface area (TPSA) is 55.4 Å².